The lowest BCUT2D eigenvalue weighted by Crippen LogP contribution is -1.70. The molecule has 0 aromatic carbocycles. The van der Waals surface area contributed by atoms with Crippen LogP contribution in [0, 0.1) is 23.9 Å². The number of nitrogens with zero attached hydrogens (tertiary/aromatic N) is 2. The molecule has 10 heavy (non-hydrogen) atoms. The molecular formula is C8H8N2. The van der Waals surface area contributed by atoms with Crippen LogP contribution in [0.5, 0.6) is 0 Å². The summed E-state index contributed by atoms with van der Waals surface area (Å²) in [5, 5.41) is 0. The van der Waals surface area contributed by atoms with Gasteiger partial charge in [0, 0.05) is 12.1 Å². The van der Waals surface area contributed by atoms with Crippen LogP contribution in [-0.4, -0.2) is 12.4 Å². The molecule has 0 saturated heterocycles. The Balaban J connectivity index is 3.65. The minimum Gasteiger partial charge on any atom is -0.204 e. The summed E-state index contributed by atoms with van der Waals surface area (Å²) in [7, 11) is 0. The molecule has 2 heteroatoms. The molecule has 0 radical (unpaired) electrons. The van der Waals surface area contributed by atoms with E-state index in [0.717, 1.165) is 0 Å². The van der Waals surface area contributed by atoms with E-state index in [1.807, 2.05) is 0 Å². The van der Waals surface area contributed by atoms with Gasteiger partial charge in [0.2, 0.25) is 0 Å². The number of rotatable bonds is 1. The van der Waals surface area contributed by atoms with Gasteiger partial charge in [0.05, 0.1) is 12.4 Å². The van der Waals surface area contributed by atoms with Crippen LogP contribution in [0.25, 0.3) is 0 Å². The van der Waals surface area contributed by atoms with E-state index >= 15 is 0 Å². The van der Waals surface area contributed by atoms with Crippen LogP contribution < -0.4 is 0 Å². The van der Waals surface area contributed by atoms with Crippen molar-refractivity contribution in [2.24, 2.45) is 9.98 Å². The standard InChI is InChI=1S/C8H8N2/c1-3-5-9-7-8-10-6-4-2/h7-8H,1-2H3. The van der Waals surface area contributed by atoms with Gasteiger partial charge in [-0.25, -0.2) is 9.98 Å². The summed E-state index contributed by atoms with van der Waals surface area (Å²) in [6, 6.07) is 5.01. The maximum Gasteiger partial charge on any atom is 0.0566 e. The van der Waals surface area contributed by atoms with Crippen LogP contribution in [0.2, 0.25) is 0 Å². The molecule has 0 atom stereocenters. The zero-order valence-corrected chi connectivity index (χ0v) is 6.05. The second-order valence-electron chi connectivity index (χ2n) is 1.28. The number of hydrogen-bond acceptors (Lipinski definition) is 2. The van der Waals surface area contributed by atoms with Crippen molar-refractivity contribution in [1.82, 2.24) is 0 Å². The molecule has 0 aliphatic rings. The molecule has 0 aliphatic heterocycles. The molecule has 50 valence electrons. The predicted molar refractivity (Wildman–Crippen MR) is 43.9 cm³/mol. The Hall–Kier alpha value is -1.54. The highest BCUT2D eigenvalue weighted by Gasteiger charge is 1.58. The molecule has 0 aromatic rings. The molecule has 0 aromatic heterocycles. The quantitative estimate of drug-likeness (QED) is 0.377. The molecule has 0 fully saturated rings. The molecular weight excluding hydrogens is 124 g/mol. The Morgan fingerprint density at radius 2 is 1.30 bits per heavy atom. The second-order valence-corrected chi connectivity index (χ2v) is 1.28. The summed E-state index contributed by atoms with van der Waals surface area (Å²) in [5.41, 5.74) is 0. The third-order valence-electron chi connectivity index (χ3n) is 0.568. The van der Waals surface area contributed by atoms with Gasteiger partial charge in [0.25, 0.3) is 0 Å². The third-order valence-corrected chi connectivity index (χ3v) is 0.568. The molecule has 0 saturated carbocycles. The van der Waals surface area contributed by atoms with Gasteiger partial charge in [0.1, 0.15) is 0 Å². The lowest BCUT2D eigenvalue weighted by atomic mass is 10.7. The predicted octanol–water partition coefficient (Wildman–Crippen LogP) is 1.09. The van der Waals surface area contributed by atoms with Crippen LogP contribution in [0.4, 0.5) is 0 Å². The average Bonchev–Trinajstić information content (AvgIpc) is 1.97. The van der Waals surface area contributed by atoms with E-state index in [0.29, 0.717) is 0 Å². The van der Waals surface area contributed by atoms with Gasteiger partial charge in [-0.1, -0.05) is 11.8 Å². The fourth-order valence-electron chi connectivity index (χ4n) is 0.270. The first-order chi connectivity index (χ1) is 4.91. The van der Waals surface area contributed by atoms with Gasteiger partial charge in [-0.2, -0.15) is 0 Å². The SMILES string of the molecule is CC#CN=CC=NC#CC. The second kappa shape index (κ2) is 7.46. The topological polar surface area (TPSA) is 24.7 Å². The Bertz CT molecular complexity index is 212. The zero-order valence-electron chi connectivity index (χ0n) is 6.05. The first kappa shape index (κ1) is 8.46. The van der Waals surface area contributed by atoms with Crippen molar-refractivity contribution in [3.63, 3.8) is 0 Å². The van der Waals surface area contributed by atoms with E-state index in [1.54, 1.807) is 13.8 Å². The molecule has 0 heterocycles. The Morgan fingerprint density at radius 3 is 1.60 bits per heavy atom. The number of aliphatic imine (C=N–C) groups is 2. The molecule has 0 aliphatic carbocycles. The van der Waals surface area contributed by atoms with E-state index < -0.39 is 0 Å². The molecule has 2 nitrogen and oxygen atoms in total. The first-order valence-electron chi connectivity index (χ1n) is 2.80. The minimum absolute atomic E-state index is 1.50. The summed E-state index contributed by atoms with van der Waals surface area (Å²) < 4.78 is 0. The lowest BCUT2D eigenvalue weighted by Gasteiger charge is -1.65. The van der Waals surface area contributed by atoms with E-state index in [9.17, 15) is 0 Å². The largest absolute Gasteiger partial charge is 0.204 e. The van der Waals surface area contributed by atoms with Gasteiger partial charge in [-0.15, -0.1) is 0 Å². The Morgan fingerprint density at radius 1 is 0.900 bits per heavy atom. The van der Waals surface area contributed by atoms with Crippen molar-refractivity contribution >= 4 is 12.4 Å². The zero-order chi connectivity index (χ0) is 7.66. The van der Waals surface area contributed by atoms with Crippen molar-refractivity contribution in [2.75, 3.05) is 0 Å². The molecule has 0 spiro atoms. The molecule has 0 bridgehead atoms. The monoisotopic (exact) mass is 132 g/mol. The fraction of sp³-hybridized carbons (Fsp3) is 0.250. The summed E-state index contributed by atoms with van der Waals surface area (Å²) in [4.78, 5) is 7.32. The van der Waals surface area contributed by atoms with Crippen LogP contribution >= 0.6 is 0 Å². The minimum atomic E-state index is 1.50. The molecule has 0 N–H and O–H groups in total. The highest BCUT2D eigenvalue weighted by atomic mass is 14.7. The lowest BCUT2D eigenvalue weighted by molar-refractivity contribution is 1.68. The maximum atomic E-state index is 3.66. The van der Waals surface area contributed by atoms with Gasteiger partial charge in [0.15, 0.2) is 0 Å². The van der Waals surface area contributed by atoms with E-state index in [4.69, 9.17) is 0 Å². The van der Waals surface area contributed by atoms with Crippen molar-refractivity contribution in [2.45, 2.75) is 13.8 Å². The van der Waals surface area contributed by atoms with E-state index in [-0.39, 0.29) is 0 Å². The normalized spacial score (nSPS) is 8.60. The number of hydrogen-bond donors (Lipinski definition) is 0. The Labute approximate surface area is 61.1 Å². The summed E-state index contributed by atoms with van der Waals surface area (Å²) >= 11 is 0. The van der Waals surface area contributed by atoms with Gasteiger partial charge in [-0.05, 0) is 13.8 Å². The van der Waals surface area contributed by atoms with Crippen molar-refractivity contribution in [1.29, 1.82) is 0 Å². The van der Waals surface area contributed by atoms with Crippen LogP contribution in [0.1, 0.15) is 13.8 Å². The first-order valence-corrected chi connectivity index (χ1v) is 2.80. The van der Waals surface area contributed by atoms with Crippen LogP contribution in [0.3, 0.4) is 0 Å². The highest BCUT2D eigenvalue weighted by Crippen LogP contribution is 1.59. The van der Waals surface area contributed by atoms with Gasteiger partial charge < -0.3 is 0 Å². The summed E-state index contributed by atoms with van der Waals surface area (Å²) in [6.07, 6.45) is 3.00. The van der Waals surface area contributed by atoms with Gasteiger partial charge in [-0.3, -0.25) is 0 Å². The van der Waals surface area contributed by atoms with Gasteiger partial charge >= 0.3 is 0 Å². The fourth-order valence-corrected chi connectivity index (χ4v) is 0.270. The van der Waals surface area contributed by atoms with Crippen molar-refractivity contribution in [3.8, 4) is 23.9 Å². The van der Waals surface area contributed by atoms with E-state index in [1.165, 1.54) is 12.4 Å². The average molecular weight is 132 g/mol. The summed E-state index contributed by atoms with van der Waals surface area (Å²) in [6.45, 7) is 3.45. The highest BCUT2D eigenvalue weighted by molar-refractivity contribution is 6.16. The van der Waals surface area contributed by atoms with Crippen LogP contribution in [0.15, 0.2) is 9.98 Å². The van der Waals surface area contributed by atoms with Crippen LogP contribution in [-0.2, 0) is 0 Å². The molecule has 0 rings (SSSR count). The Kier molecular flexibility index (Phi) is 6.31. The summed E-state index contributed by atoms with van der Waals surface area (Å²) in [5.74, 6) is 5.23. The van der Waals surface area contributed by atoms with Crippen molar-refractivity contribution in [3.05, 3.63) is 0 Å². The molecule has 0 amide bonds. The molecule has 0 unspecified atom stereocenters. The van der Waals surface area contributed by atoms with E-state index in [2.05, 4.69) is 33.9 Å². The smallest absolute Gasteiger partial charge is 0.0566 e. The maximum absolute atomic E-state index is 3.66. The van der Waals surface area contributed by atoms with Crippen molar-refractivity contribution < 1.29 is 0 Å². The third kappa shape index (κ3) is 6.46.